The molecular formula is C22H24O9. The SMILES string of the molecule is COC(=O)C1O[C@@H](Oc2ccc3c(c2)OCC(c2ccc(O)cc2)C3)[C@@H](O)[C@@H](O)[C@H]1O. The first kappa shape index (κ1) is 21.4. The van der Waals surface area contributed by atoms with Gasteiger partial charge in [0.2, 0.25) is 6.29 Å². The highest BCUT2D eigenvalue weighted by molar-refractivity contribution is 5.75. The molecular weight excluding hydrogens is 408 g/mol. The van der Waals surface area contributed by atoms with Crippen LogP contribution < -0.4 is 9.47 Å². The summed E-state index contributed by atoms with van der Waals surface area (Å²) in [7, 11) is 1.12. The second-order valence-corrected chi connectivity index (χ2v) is 7.61. The molecule has 0 amide bonds. The van der Waals surface area contributed by atoms with E-state index in [1.54, 1.807) is 24.3 Å². The van der Waals surface area contributed by atoms with E-state index in [2.05, 4.69) is 4.74 Å². The Hall–Kier alpha value is -2.85. The smallest absolute Gasteiger partial charge is 0.337 e. The topological polar surface area (TPSA) is 135 Å². The van der Waals surface area contributed by atoms with Crippen LogP contribution in [-0.4, -0.2) is 70.8 Å². The van der Waals surface area contributed by atoms with Crippen LogP contribution in [0.2, 0.25) is 0 Å². The predicted octanol–water partition coefficient (Wildman–Crippen LogP) is 0.470. The maximum absolute atomic E-state index is 11.8. The summed E-state index contributed by atoms with van der Waals surface area (Å²) < 4.78 is 21.4. The Morgan fingerprint density at radius 3 is 2.48 bits per heavy atom. The van der Waals surface area contributed by atoms with Crippen molar-refractivity contribution in [1.29, 1.82) is 0 Å². The number of phenolic OH excluding ortho intramolecular Hbond substituents is 1. The van der Waals surface area contributed by atoms with Gasteiger partial charge in [0.05, 0.1) is 13.7 Å². The zero-order valence-electron chi connectivity index (χ0n) is 16.7. The third-order valence-electron chi connectivity index (χ3n) is 5.56. The van der Waals surface area contributed by atoms with Crippen LogP contribution in [0.5, 0.6) is 17.2 Å². The molecule has 9 nitrogen and oxygen atoms in total. The number of rotatable bonds is 4. The summed E-state index contributed by atoms with van der Waals surface area (Å²) in [6, 6.07) is 12.2. The van der Waals surface area contributed by atoms with Crippen molar-refractivity contribution in [3.05, 3.63) is 53.6 Å². The van der Waals surface area contributed by atoms with Gasteiger partial charge in [0.25, 0.3) is 0 Å². The van der Waals surface area contributed by atoms with Gasteiger partial charge in [-0.15, -0.1) is 0 Å². The highest BCUT2D eigenvalue weighted by Gasteiger charge is 2.48. The second-order valence-electron chi connectivity index (χ2n) is 7.61. The van der Waals surface area contributed by atoms with Crippen LogP contribution in [0.1, 0.15) is 17.0 Å². The molecule has 1 fully saturated rings. The average molecular weight is 432 g/mol. The minimum atomic E-state index is -1.65. The number of phenols is 1. The molecule has 0 bridgehead atoms. The summed E-state index contributed by atoms with van der Waals surface area (Å²) in [6.45, 7) is 0.444. The molecule has 2 aliphatic rings. The van der Waals surface area contributed by atoms with Crippen LogP contribution in [0.3, 0.4) is 0 Å². The number of carbonyl (C=O) groups is 1. The van der Waals surface area contributed by atoms with Gasteiger partial charge in [0.15, 0.2) is 6.10 Å². The number of methoxy groups -OCH3 is 1. The summed E-state index contributed by atoms with van der Waals surface area (Å²) in [4.78, 5) is 11.8. The lowest BCUT2D eigenvalue weighted by Gasteiger charge is -2.39. The zero-order chi connectivity index (χ0) is 22.1. The molecule has 2 aromatic carbocycles. The minimum Gasteiger partial charge on any atom is -0.508 e. The number of esters is 1. The summed E-state index contributed by atoms with van der Waals surface area (Å²) in [6.07, 6.45) is -7.03. The third-order valence-corrected chi connectivity index (χ3v) is 5.56. The van der Waals surface area contributed by atoms with Crippen LogP contribution in [0.25, 0.3) is 0 Å². The Labute approximate surface area is 178 Å². The summed E-state index contributed by atoms with van der Waals surface area (Å²) >= 11 is 0. The lowest BCUT2D eigenvalue weighted by Crippen LogP contribution is -2.61. The minimum absolute atomic E-state index is 0.140. The van der Waals surface area contributed by atoms with Gasteiger partial charge in [-0.25, -0.2) is 4.79 Å². The predicted molar refractivity (Wildman–Crippen MR) is 106 cm³/mol. The van der Waals surface area contributed by atoms with E-state index in [1.165, 1.54) is 0 Å². The van der Waals surface area contributed by atoms with Gasteiger partial charge in [0.1, 0.15) is 35.6 Å². The van der Waals surface area contributed by atoms with Crippen molar-refractivity contribution >= 4 is 5.97 Å². The Kier molecular flexibility index (Phi) is 6.01. The van der Waals surface area contributed by atoms with Gasteiger partial charge >= 0.3 is 5.97 Å². The number of fused-ring (bicyclic) bond motifs is 1. The van der Waals surface area contributed by atoms with Crippen molar-refractivity contribution < 1.29 is 44.2 Å². The number of hydrogen-bond donors (Lipinski definition) is 4. The van der Waals surface area contributed by atoms with E-state index in [9.17, 15) is 25.2 Å². The number of aliphatic hydroxyl groups is 3. The molecule has 6 atom stereocenters. The van der Waals surface area contributed by atoms with E-state index in [1.807, 2.05) is 18.2 Å². The van der Waals surface area contributed by atoms with Crippen LogP contribution in [-0.2, 0) is 20.7 Å². The first-order valence-corrected chi connectivity index (χ1v) is 9.86. The van der Waals surface area contributed by atoms with Crippen molar-refractivity contribution in [3.8, 4) is 17.2 Å². The number of ether oxygens (including phenoxy) is 4. The molecule has 0 radical (unpaired) electrons. The molecule has 31 heavy (non-hydrogen) atoms. The van der Waals surface area contributed by atoms with E-state index in [-0.39, 0.29) is 11.7 Å². The fourth-order valence-corrected chi connectivity index (χ4v) is 3.78. The fraction of sp³-hybridized carbons (Fsp3) is 0.409. The Morgan fingerprint density at radius 2 is 1.77 bits per heavy atom. The molecule has 2 aliphatic heterocycles. The molecule has 166 valence electrons. The third kappa shape index (κ3) is 4.31. The van der Waals surface area contributed by atoms with E-state index in [4.69, 9.17) is 14.2 Å². The summed E-state index contributed by atoms with van der Waals surface area (Å²) in [5.74, 6) is 0.379. The van der Waals surface area contributed by atoms with Crippen LogP contribution in [0.15, 0.2) is 42.5 Å². The zero-order valence-corrected chi connectivity index (χ0v) is 16.7. The van der Waals surface area contributed by atoms with Crippen molar-refractivity contribution in [3.63, 3.8) is 0 Å². The van der Waals surface area contributed by atoms with E-state index in [0.29, 0.717) is 18.1 Å². The van der Waals surface area contributed by atoms with Gasteiger partial charge in [-0.05, 0) is 35.7 Å². The highest BCUT2D eigenvalue weighted by Crippen LogP contribution is 2.36. The maximum Gasteiger partial charge on any atom is 0.337 e. The number of carbonyl (C=O) groups excluding carboxylic acids is 1. The Morgan fingerprint density at radius 1 is 1.03 bits per heavy atom. The molecule has 0 saturated carbocycles. The normalized spacial score (nSPS) is 30.1. The number of benzene rings is 2. The van der Waals surface area contributed by atoms with Crippen molar-refractivity contribution in [1.82, 2.24) is 0 Å². The molecule has 4 N–H and O–H groups in total. The van der Waals surface area contributed by atoms with Crippen molar-refractivity contribution in [2.24, 2.45) is 0 Å². The first-order valence-electron chi connectivity index (χ1n) is 9.86. The monoisotopic (exact) mass is 432 g/mol. The van der Waals surface area contributed by atoms with Gasteiger partial charge < -0.3 is 39.4 Å². The molecule has 4 rings (SSSR count). The number of hydrogen-bond acceptors (Lipinski definition) is 9. The summed E-state index contributed by atoms with van der Waals surface area (Å²) in [5.41, 5.74) is 2.02. The maximum atomic E-state index is 11.8. The number of aliphatic hydroxyl groups excluding tert-OH is 3. The Balaban J connectivity index is 1.47. The van der Waals surface area contributed by atoms with Gasteiger partial charge in [0, 0.05) is 12.0 Å². The van der Waals surface area contributed by atoms with Crippen molar-refractivity contribution in [2.45, 2.75) is 43.0 Å². The number of aromatic hydroxyl groups is 1. The molecule has 2 aromatic rings. The quantitative estimate of drug-likeness (QED) is 0.509. The molecule has 0 aliphatic carbocycles. The lowest BCUT2D eigenvalue weighted by atomic mass is 9.90. The lowest BCUT2D eigenvalue weighted by molar-refractivity contribution is -0.271. The van der Waals surface area contributed by atoms with Crippen LogP contribution in [0.4, 0.5) is 0 Å². The largest absolute Gasteiger partial charge is 0.508 e. The molecule has 0 spiro atoms. The highest BCUT2D eigenvalue weighted by atomic mass is 16.7. The van der Waals surface area contributed by atoms with Gasteiger partial charge in [-0.2, -0.15) is 0 Å². The molecule has 2 unspecified atom stereocenters. The average Bonchev–Trinajstić information content (AvgIpc) is 2.79. The van der Waals surface area contributed by atoms with E-state index < -0.39 is 36.7 Å². The summed E-state index contributed by atoms with van der Waals surface area (Å²) in [5, 5.41) is 39.7. The fourth-order valence-electron chi connectivity index (χ4n) is 3.78. The molecule has 9 heteroatoms. The van der Waals surface area contributed by atoms with Gasteiger partial charge in [-0.3, -0.25) is 0 Å². The molecule has 1 saturated heterocycles. The van der Waals surface area contributed by atoms with Crippen molar-refractivity contribution in [2.75, 3.05) is 13.7 Å². The standard InChI is InChI=1S/C22H24O9/c1-28-21(27)20-18(25)17(24)19(26)22(31-20)30-15-7-4-12-8-13(10-29-16(12)9-15)11-2-5-14(23)6-3-11/h2-7,9,13,17-20,22-26H,8,10H2,1H3/t13?,17-,18+,19-,20?,22+/m0/s1. The Bertz CT molecular complexity index is 929. The van der Waals surface area contributed by atoms with Gasteiger partial charge in [-0.1, -0.05) is 18.2 Å². The van der Waals surface area contributed by atoms with Crippen LogP contribution in [0, 0.1) is 0 Å². The van der Waals surface area contributed by atoms with E-state index in [0.717, 1.165) is 24.7 Å². The molecule has 0 aromatic heterocycles. The second kappa shape index (κ2) is 8.72. The van der Waals surface area contributed by atoms with Crippen LogP contribution >= 0.6 is 0 Å². The molecule has 2 heterocycles. The first-order chi connectivity index (χ1) is 14.9. The van der Waals surface area contributed by atoms with E-state index >= 15 is 0 Å².